The van der Waals surface area contributed by atoms with Crippen molar-refractivity contribution in [1.29, 1.82) is 0 Å². The summed E-state index contributed by atoms with van der Waals surface area (Å²) >= 11 is 5.89. The number of hydrogen-bond donors (Lipinski definition) is 1. The third kappa shape index (κ3) is 4.55. The second-order valence-corrected chi connectivity index (χ2v) is 7.13. The molecule has 3 heterocycles. The first-order valence-electron chi connectivity index (χ1n) is 9.01. The summed E-state index contributed by atoms with van der Waals surface area (Å²) in [6, 6.07) is 12.8. The van der Waals surface area contributed by atoms with Gasteiger partial charge in [0.2, 0.25) is 5.95 Å². The molecule has 0 bridgehead atoms. The van der Waals surface area contributed by atoms with Gasteiger partial charge in [-0.1, -0.05) is 23.7 Å². The minimum absolute atomic E-state index is 0.190. The van der Waals surface area contributed by atoms with E-state index in [9.17, 15) is 4.79 Å². The summed E-state index contributed by atoms with van der Waals surface area (Å²) in [6.07, 6.45) is 1.56. The van der Waals surface area contributed by atoms with Crippen LogP contribution in [0.5, 0.6) is 0 Å². The summed E-state index contributed by atoms with van der Waals surface area (Å²) in [4.78, 5) is 16.5. The van der Waals surface area contributed by atoms with Crippen molar-refractivity contribution in [1.82, 2.24) is 24.5 Å². The van der Waals surface area contributed by atoms with Crippen LogP contribution in [0.25, 0.3) is 0 Å². The molecule has 4 rings (SSSR count). The largest absolute Gasteiger partial charge is 0.454 e. The standard InChI is InChI=1S/C20H19ClN6O2/c1-13-9-14(2)27(24-13)11-17-7-8-18(29-17)19(28)23-20-22-12-26(25-20)10-15-3-5-16(21)6-4-15/h3-9,12H,10-11H2,1-2H3,(H,23,25,28). The lowest BCUT2D eigenvalue weighted by Crippen LogP contribution is -2.12. The van der Waals surface area contributed by atoms with Crippen LogP contribution in [0.2, 0.25) is 5.02 Å². The molecule has 3 aromatic heterocycles. The van der Waals surface area contributed by atoms with Gasteiger partial charge in [-0.2, -0.15) is 5.10 Å². The van der Waals surface area contributed by atoms with Crippen molar-refractivity contribution in [3.63, 3.8) is 0 Å². The molecule has 1 aromatic carbocycles. The van der Waals surface area contributed by atoms with Crippen LogP contribution >= 0.6 is 11.6 Å². The predicted molar refractivity (Wildman–Crippen MR) is 108 cm³/mol. The number of aromatic nitrogens is 5. The lowest BCUT2D eigenvalue weighted by molar-refractivity contribution is 0.0993. The molecule has 0 aliphatic heterocycles. The third-order valence-corrected chi connectivity index (χ3v) is 4.57. The van der Waals surface area contributed by atoms with E-state index in [0.29, 0.717) is 23.9 Å². The fourth-order valence-electron chi connectivity index (χ4n) is 2.94. The fourth-order valence-corrected chi connectivity index (χ4v) is 3.06. The van der Waals surface area contributed by atoms with E-state index in [4.69, 9.17) is 16.0 Å². The molecule has 29 heavy (non-hydrogen) atoms. The van der Waals surface area contributed by atoms with Gasteiger partial charge in [0.05, 0.1) is 18.8 Å². The normalized spacial score (nSPS) is 11.0. The first-order chi connectivity index (χ1) is 14.0. The molecule has 4 aromatic rings. The molecule has 0 aliphatic rings. The summed E-state index contributed by atoms with van der Waals surface area (Å²) in [6.45, 7) is 4.89. The summed E-state index contributed by atoms with van der Waals surface area (Å²) in [5.41, 5.74) is 2.99. The number of benzene rings is 1. The lowest BCUT2D eigenvalue weighted by Gasteiger charge is -2.02. The summed E-state index contributed by atoms with van der Waals surface area (Å²) < 4.78 is 9.12. The number of aryl methyl sites for hydroxylation is 2. The number of hydrogen-bond acceptors (Lipinski definition) is 5. The van der Waals surface area contributed by atoms with Gasteiger partial charge in [0, 0.05) is 10.7 Å². The molecule has 0 radical (unpaired) electrons. The smallest absolute Gasteiger partial charge is 0.293 e. The highest BCUT2D eigenvalue weighted by Gasteiger charge is 2.14. The number of amides is 1. The van der Waals surface area contributed by atoms with Crippen LogP contribution in [0, 0.1) is 13.8 Å². The maximum absolute atomic E-state index is 12.4. The zero-order chi connectivity index (χ0) is 20.4. The zero-order valence-electron chi connectivity index (χ0n) is 16.0. The van der Waals surface area contributed by atoms with Gasteiger partial charge in [-0.15, -0.1) is 5.10 Å². The topological polar surface area (TPSA) is 90.8 Å². The molecule has 0 spiro atoms. The Kier molecular flexibility index (Phi) is 5.18. The minimum atomic E-state index is -0.408. The Labute approximate surface area is 172 Å². The van der Waals surface area contributed by atoms with Crippen molar-refractivity contribution in [2.75, 3.05) is 5.32 Å². The van der Waals surface area contributed by atoms with Gasteiger partial charge in [0.1, 0.15) is 12.1 Å². The van der Waals surface area contributed by atoms with Crippen LogP contribution in [0.1, 0.15) is 33.3 Å². The second kappa shape index (κ2) is 7.92. The Balaban J connectivity index is 1.38. The van der Waals surface area contributed by atoms with E-state index < -0.39 is 5.91 Å². The Hall–Kier alpha value is -3.39. The number of rotatable bonds is 6. The SMILES string of the molecule is Cc1cc(C)n(Cc2ccc(C(=O)Nc3ncn(Cc4ccc(Cl)cc4)n3)o2)n1. The molecule has 0 unspecified atom stereocenters. The van der Waals surface area contributed by atoms with Crippen molar-refractivity contribution < 1.29 is 9.21 Å². The monoisotopic (exact) mass is 410 g/mol. The van der Waals surface area contributed by atoms with Gasteiger partial charge in [0.15, 0.2) is 5.76 Å². The maximum atomic E-state index is 12.4. The third-order valence-electron chi connectivity index (χ3n) is 4.31. The van der Waals surface area contributed by atoms with Crippen LogP contribution in [0.15, 0.2) is 53.2 Å². The molecular weight excluding hydrogens is 392 g/mol. The van der Waals surface area contributed by atoms with Crippen LogP contribution in [0.4, 0.5) is 5.95 Å². The van der Waals surface area contributed by atoms with Gasteiger partial charge in [-0.05, 0) is 49.7 Å². The fraction of sp³-hybridized carbons (Fsp3) is 0.200. The van der Waals surface area contributed by atoms with Gasteiger partial charge in [-0.3, -0.25) is 14.8 Å². The Morgan fingerprint density at radius 1 is 1.10 bits per heavy atom. The second-order valence-electron chi connectivity index (χ2n) is 6.70. The van der Waals surface area contributed by atoms with Crippen LogP contribution in [0.3, 0.4) is 0 Å². The van der Waals surface area contributed by atoms with Gasteiger partial charge in [-0.25, -0.2) is 9.67 Å². The molecule has 0 fully saturated rings. The Bertz CT molecular complexity index is 1140. The van der Waals surface area contributed by atoms with E-state index in [2.05, 4.69) is 20.5 Å². The number of furan rings is 1. The van der Waals surface area contributed by atoms with Crippen molar-refractivity contribution >= 4 is 23.5 Å². The number of nitrogens with one attached hydrogen (secondary N) is 1. The van der Waals surface area contributed by atoms with Crippen molar-refractivity contribution in [3.05, 3.63) is 82.3 Å². The van der Waals surface area contributed by atoms with Gasteiger partial charge < -0.3 is 4.42 Å². The molecule has 148 valence electrons. The predicted octanol–water partition coefficient (Wildman–Crippen LogP) is 3.69. The van der Waals surface area contributed by atoms with Gasteiger partial charge in [0.25, 0.3) is 5.91 Å². The molecule has 8 nitrogen and oxygen atoms in total. The van der Waals surface area contributed by atoms with Crippen molar-refractivity contribution in [3.8, 4) is 0 Å². The molecule has 0 saturated carbocycles. The molecule has 1 N–H and O–H groups in total. The lowest BCUT2D eigenvalue weighted by atomic mass is 10.2. The highest BCUT2D eigenvalue weighted by atomic mass is 35.5. The van der Waals surface area contributed by atoms with E-state index in [0.717, 1.165) is 17.0 Å². The zero-order valence-corrected chi connectivity index (χ0v) is 16.7. The average molecular weight is 411 g/mol. The van der Waals surface area contributed by atoms with Crippen molar-refractivity contribution in [2.24, 2.45) is 0 Å². The van der Waals surface area contributed by atoms with E-state index in [1.165, 1.54) is 0 Å². The minimum Gasteiger partial charge on any atom is -0.454 e. The Morgan fingerprint density at radius 2 is 1.90 bits per heavy atom. The number of carbonyl (C=O) groups excluding carboxylic acids is 1. The maximum Gasteiger partial charge on any atom is 0.293 e. The average Bonchev–Trinajstić information content (AvgIpc) is 3.39. The number of nitrogens with zero attached hydrogens (tertiary/aromatic N) is 5. The summed E-state index contributed by atoms with van der Waals surface area (Å²) in [7, 11) is 0. The molecular formula is C20H19ClN6O2. The highest BCUT2D eigenvalue weighted by molar-refractivity contribution is 6.30. The van der Waals surface area contributed by atoms with E-state index >= 15 is 0 Å². The molecule has 0 atom stereocenters. The van der Waals surface area contributed by atoms with Gasteiger partial charge >= 0.3 is 0 Å². The summed E-state index contributed by atoms with van der Waals surface area (Å²) in [5.74, 6) is 0.632. The first-order valence-corrected chi connectivity index (χ1v) is 9.39. The van der Waals surface area contributed by atoms with E-state index in [-0.39, 0.29) is 11.7 Å². The Morgan fingerprint density at radius 3 is 2.62 bits per heavy atom. The first kappa shape index (κ1) is 18.9. The van der Waals surface area contributed by atoms with Crippen LogP contribution in [-0.4, -0.2) is 30.5 Å². The van der Waals surface area contributed by atoms with Crippen molar-refractivity contribution in [2.45, 2.75) is 26.9 Å². The number of halogens is 1. The molecule has 0 aliphatic carbocycles. The van der Waals surface area contributed by atoms with Crippen LogP contribution in [-0.2, 0) is 13.1 Å². The number of carbonyl (C=O) groups is 1. The van der Waals surface area contributed by atoms with Crippen LogP contribution < -0.4 is 5.32 Å². The molecule has 0 saturated heterocycles. The van der Waals surface area contributed by atoms with E-state index in [1.54, 1.807) is 23.1 Å². The highest BCUT2D eigenvalue weighted by Crippen LogP contribution is 2.14. The molecule has 9 heteroatoms. The summed E-state index contributed by atoms with van der Waals surface area (Å²) in [5, 5.41) is 12.0. The van der Waals surface area contributed by atoms with E-state index in [1.807, 2.05) is 48.9 Å². The molecule has 1 amide bonds. The quantitative estimate of drug-likeness (QED) is 0.523. The number of anilines is 1.